The molecule has 2 N–H and O–H groups in total. The zero-order valence-electron chi connectivity index (χ0n) is 14.0. The Morgan fingerprint density at radius 1 is 1.33 bits per heavy atom. The molecule has 0 saturated carbocycles. The minimum atomic E-state index is -0.793. The number of H-pyrrole nitrogens is 1. The molecule has 1 aromatic carbocycles. The summed E-state index contributed by atoms with van der Waals surface area (Å²) >= 11 is 0. The number of amides is 1. The predicted molar refractivity (Wildman–Crippen MR) is 92.8 cm³/mol. The summed E-state index contributed by atoms with van der Waals surface area (Å²) in [5.41, 5.74) is 2.35. The van der Waals surface area contributed by atoms with Gasteiger partial charge in [0.05, 0.1) is 5.92 Å². The lowest BCUT2D eigenvalue weighted by Gasteiger charge is -2.37. The number of benzene rings is 1. The molecule has 1 aromatic heterocycles. The lowest BCUT2D eigenvalue weighted by Crippen LogP contribution is -2.49. The summed E-state index contributed by atoms with van der Waals surface area (Å²) in [4.78, 5) is 28.8. The third-order valence-corrected chi connectivity index (χ3v) is 5.14. The number of aromatic nitrogens is 1. The average molecular weight is 328 g/mol. The van der Waals surface area contributed by atoms with Crippen molar-refractivity contribution in [3.8, 4) is 0 Å². The lowest BCUT2D eigenvalue weighted by atomic mass is 9.90. The normalized spacial score (nSPS) is 21.1. The molecule has 1 fully saturated rings. The highest BCUT2D eigenvalue weighted by molar-refractivity contribution is 5.83. The monoisotopic (exact) mass is 328 g/mol. The third-order valence-electron chi connectivity index (χ3n) is 5.14. The van der Waals surface area contributed by atoms with Gasteiger partial charge in [-0.2, -0.15) is 0 Å². The van der Waals surface area contributed by atoms with Gasteiger partial charge in [-0.05, 0) is 44.2 Å². The van der Waals surface area contributed by atoms with E-state index in [1.54, 1.807) is 4.90 Å². The molecule has 1 amide bonds. The fraction of sp³-hybridized carbons (Fsp3) is 0.474. The summed E-state index contributed by atoms with van der Waals surface area (Å²) in [7, 11) is 0. The van der Waals surface area contributed by atoms with Crippen LogP contribution in [0.2, 0.25) is 0 Å². The molecule has 2 heterocycles. The van der Waals surface area contributed by atoms with Crippen LogP contribution in [-0.2, 0) is 16.0 Å². The van der Waals surface area contributed by atoms with Gasteiger partial charge in [0, 0.05) is 36.1 Å². The first kappa shape index (κ1) is 16.6. The van der Waals surface area contributed by atoms with Crippen molar-refractivity contribution in [3.63, 3.8) is 0 Å². The number of rotatable bonds is 5. The Hall–Kier alpha value is -2.30. The molecular weight excluding hydrogens is 304 g/mol. The molecule has 2 atom stereocenters. The highest BCUT2D eigenvalue weighted by Crippen LogP contribution is 2.25. The number of aryl methyl sites for hydroxylation is 1. The number of fused-ring (bicyclic) bond motifs is 1. The maximum atomic E-state index is 12.5. The molecule has 128 valence electrons. The van der Waals surface area contributed by atoms with Crippen molar-refractivity contribution in [1.82, 2.24) is 9.88 Å². The molecule has 24 heavy (non-hydrogen) atoms. The van der Waals surface area contributed by atoms with Gasteiger partial charge in [0.15, 0.2) is 0 Å². The zero-order chi connectivity index (χ0) is 17.1. The first-order chi connectivity index (χ1) is 11.6. The molecule has 0 bridgehead atoms. The summed E-state index contributed by atoms with van der Waals surface area (Å²) in [6, 6.07) is 7.95. The number of hydrogen-bond acceptors (Lipinski definition) is 2. The number of carbonyl (C=O) groups is 2. The predicted octanol–water partition coefficient (Wildman–Crippen LogP) is 3.20. The Kier molecular flexibility index (Phi) is 4.88. The van der Waals surface area contributed by atoms with Gasteiger partial charge < -0.3 is 15.0 Å². The molecule has 3 rings (SSSR count). The highest BCUT2D eigenvalue weighted by Gasteiger charge is 2.34. The lowest BCUT2D eigenvalue weighted by molar-refractivity contribution is -0.149. The van der Waals surface area contributed by atoms with Crippen molar-refractivity contribution in [2.45, 2.75) is 45.1 Å². The molecule has 1 aliphatic rings. The number of aromatic amines is 1. The molecule has 1 saturated heterocycles. The van der Waals surface area contributed by atoms with Crippen molar-refractivity contribution in [3.05, 3.63) is 36.0 Å². The van der Waals surface area contributed by atoms with Gasteiger partial charge in [0.25, 0.3) is 0 Å². The van der Waals surface area contributed by atoms with E-state index < -0.39 is 11.9 Å². The van der Waals surface area contributed by atoms with Gasteiger partial charge in [-0.1, -0.05) is 18.2 Å². The Bertz CT molecular complexity index is 737. The summed E-state index contributed by atoms with van der Waals surface area (Å²) in [6.45, 7) is 2.53. The Balaban J connectivity index is 1.56. The fourth-order valence-electron chi connectivity index (χ4n) is 3.74. The van der Waals surface area contributed by atoms with Crippen LogP contribution in [0.25, 0.3) is 10.9 Å². The van der Waals surface area contributed by atoms with Crippen LogP contribution in [0, 0.1) is 5.92 Å². The van der Waals surface area contributed by atoms with E-state index >= 15 is 0 Å². The summed E-state index contributed by atoms with van der Waals surface area (Å²) in [6.07, 6.45) is 5.54. The van der Waals surface area contributed by atoms with E-state index in [9.17, 15) is 14.7 Å². The molecule has 5 heteroatoms. The minimum absolute atomic E-state index is 0.0771. The van der Waals surface area contributed by atoms with Gasteiger partial charge in [0.1, 0.15) is 0 Å². The van der Waals surface area contributed by atoms with Crippen molar-refractivity contribution in [1.29, 1.82) is 0 Å². The van der Waals surface area contributed by atoms with E-state index in [4.69, 9.17) is 0 Å². The maximum absolute atomic E-state index is 12.5. The van der Waals surface area contributed by atoms with E-state index in [0.717, 1.165) is 24.8 Å². The minimum Gasteiger partial charge on any atom is -0.481 e. The van der Waals surface area contributed by atoms with E-state index in [2.05, 4.69) is 11.1 Å². The van der Waals surface area contributed by atoms with Crippen LogP contribution < -0.4 is 0 Å². The van der Waals surface area contributed by atoms with Gasteiger partial charge in [0.2, 0.25) is 5.91 Å². The first-order valence-electron chi connectivity index (χ1n) is 8.65. The van der Waals surface area contributed by atoms with Gasteiger partial charge in [-0.15, -0.1) is 0 Å². The van der Waals surface area contributed by atoms with Gasteiger partial charge in [-0.3, -0.25) is 9.59 Å². The molecule has 0 spiro atoms. The van der Waals surface area contributed by atoms with Crippen molar-refractivity contribution >= 4 is 22.8 Å². The van der Waals surface area contributed by atoms with Crippen molar-refractivity contribution < 1.29 is 14.7 Å². The largest absolute Gasteiger partial charge is 0.481 e. The second-order valence-electron chi connectivity index (χ2n) is 6.63. The number of nitrogens with one attached hydrogen (secondary N) is 1. The van der Waals surface area contributed by atoms with E-state index in [-0.39, 0.29) is 11.9 Å². The zero-order valence-corrected chi connectivity index (χ0v) is 14.0. The number of para-hydroxylation sites is 1. The van der Waals surface area contributed by atoms with Crippen LogP contribution in [0.1, 0.15) is 38.2 Å². The third kappa shape index (κ3) is 3.30. The Morgan fingerprint density at radius 3 is 2.92 bits per heavy atom. The second-order valence-corrected chi connectivity index (χ2v) is 6.63. The molecule has 0 unspecified atom stereocenters. The van der Waals surface area contributed by atoms with E-state index in [0.29, 0.717) is 19.4 Å². The standard InChI is InChI=1S/C19H24N2O3/c1-13-15(19(23)24)8-5-11-21(13)18(22)10-4-6-14-12-20-17-9-3-2-7-16(14)17/h2-3,7,9,12-13,15,20H,4-6,8,10-11H2,1H3,(H,23,24)/t13-,15-/m1/s1. The number of aliphatic carboxylic acids is 1. The number of carboxylic acid groups (broad SMARTS) is 1. The highest BCUT2D eigenvalue weighted by atomic mass is 16.4. The molecule has 0 aliphatic carbocycles. The van der Waals surface area contributed by atoms with Gasteiger partial charge >= 0.3 is 5.97 Å². The molecule has 2 aromatic rings. The molecule has 0 radical (unpaired) electrons. The SMILES string of the molecule is C[C@@H]1[C@H](C(=O)O)CCCN1C(=O)CCCc1c[nH]c2ccccc12. The maximum Gasteiger partial charge on any atom is 0.308 e. The smallest absolute Gasteiger partial charge is 0.308 e. The molecule has 1 aliphatic heterocycles. The average Bonchev–Trinajstić information content (AvgIpc) is 2.98. The van der Waals surface area contributed by atoms with Crippen LogP contribution in [0.5, 0.6) is 0 Å². The quantitative estimate of drug-likeness (QED) is 0.885. The second kappa shape index (κ2) is 7.07. The number of hydrogen-bond donors (Lipinski definition) is 2. The van der Waals surface area contributed by atoms with Crippen LogP contribution in [0.15, 0.2) is 30.5 Å². The molecule has 5 nitrogen and oxygen atoms in total. The first-order valence-corrected chi connectivity index (χ1v) is 8.65. The fourth-order valence-corrected chi connectivity index (χ4v) is 3.74. The van der Waals surface area contributed by atoms with E-state index in [1.165, 1.54) is 10.9 Å². The van der Waals surface area contributed by atoms with Crippen LogP contribution in [0.3, 0.4) is 0 Å². The summed E-state index contributed by atoms with van der Waals surface area (Å²) in [5.74, 6) is -1.15. The van der Waals surface area contributed by atoms with Crippen LogP contribution in [0.4, 0.5) is 0 Å². The summed E-state index contributed by atoms with van der Waals surface area (Å²) in [5, 5.41) is 10.5. The van der Waals surface area contributed by atoms with Crippen molar-refractivity contribution in [2.75, 3.05) is 6.54 Å². The summed E-state index contributed by atoms with van der Waals surface area (Å²) < 4.78 is 0. The Morgan fingerprint density at radius 2 is 2.12 bits per heavy atom. The van der Waals surface area contributed by atoms with Gasteiger partial charge in [-0.25, -0.2) is 0 Å². The van der Waals surface area contributed by atoms with Crippen molar-refractivity contribution in [2.24, 2.45) is 5.92 Å². The number of nitrogens with zero attached hydrogens (tertiary/aromatic N) is 1. The van der Waals surface area contributed by atoms with Crippen LogP contribution in [-0.4, -0.2) is 39.5 Å². The number of piperidine rings is 1. The Labute approximate surface area is 141 Å². The number of likely N-dealkylation sites (tertiary alicyclic amines) is 1. The number of carbonyl (C=O) groups excluding carboxylic acids is 1. The topological polar surface area (TPSA) is 73.4 Å². The van der Waals surface area contributed by atoms with E-state index in [1.807, 2.05) is 31.3 Å². The van der Waals surface area contributed by atoms with Crippen LogP contribution >= 0.6 is 0 Å². The number of carboxylic acids is 1. The molecular formula is C19H24N2O3.